The molecule has 0 aliphatic heterocycles. The van der Waals surface area contributed by atoms with E-state index in [9.17, 15) is 13.2 Å². The maximum Gasteiger partial charge on any atom is 0.343 e. The van der Waals surface area contributed by atoms with E-state index in [0.717, 1.165) is 17.1 Å². The molecule has 0 spiro atoms. The molecule has 1 heterocycles. The van der Waals surface area contributed by atoms with Gasteiger partial charge in [0.1, 0.15) is 5.82 Å². The van der Waals surface area contributed by atoms with Gasteiger partial charge in [-0.2, -0.15) is 5.10 Å². The van der Waals surface area contributed by atoms with Crippen LogP contribution in [-0.2, 0) is 23.0 Å². The van der Waals surface area contributed by atoms with E-state index in [0.29, 0.717) is 29.4 Å². The number of H-pyrrole nitrogens is 1. The summed E-state index contributed by atoms with van der Waals surface area (Å²) >= 11 is 0. The molecule has 0 aliphatic carbocycles. The Bertz CT molecular complexity index is 947. The lowest BCUT2D eigenvalue weighted by molar-refractivity contribution is 0.353. The van der Waals surface area contributed by atoms with Crippen LogP contribution in [-0.4, -0.2) is 55.8 Å². The molecule has 27 heavy (non-hydrogen) atoms. The van der Waals surface area contributed by atoms with Crippen molar-refractivity contribution in [2.24, 2.45) is 0 Å². The molecule has 2 rings (SSSR count). The molecule has 9 nitrogen and oxygen atoms in total. The predicted octanol–water partition coefficient (Wildman–Crippen LogP) is 1.23. The molecule has 10 heteroatoms. The average molecular weight is 398 g/mol. The van der Waals surface area contributed by atoms with Gasteiger partial charge in [0.25, 0.3) is 0 Å². The summed E-state index contributed by atoms with van der Waals surface area (Å²) in [7, 11) is 2.11. The zero-order valence-corrected chi connectivity index (χ0v) is 17.1. The van der Waals surface area contributed by atoms with Crippen molar-refractivity contribution in [3.05, 3.63) is 34.0 Å². The quantitative estimate of drug-likeness (QED) is 0.681. The molecule has 1 aromatic heterocycles. The van der Waals surface area contributed by atoms with Crippen molar-refractivity contribution in [2.75, 3.05) is 28.3 Å². The van der Waals surface area contributed by atoms with Gasteiger partial charge >= 0.3 is 5.69 Å². The first kappa shape index (κ1) is 21.0. The Morgan fingerprint density at radius 3 is 2.37 bits per heavy atom. The lowest BCUT2D eigenvalue weighted by atomic mass is 10.1. The fourth-order valence-corrected chi connectivity index (χ4v) is 3.79. The summed E-state index contributed by atoms with van der Waals surface area (Å²) in [6.45, 7) is 2.55. The van der Waals surface area contributed by atoms with E-state index in [4.69, 9.17) is 9.47 Å². The van der Waals surface area contributed by atoms with Gasteiger partial charge in [-0.1, -0.05) is 13.3 Å². The second kappa shape index (κ2) is 8.57. The molecule has 0 saturated carbocycles. The van der Waals surface area contributed by atoms with E-state index in [-0.39, 0.29) is 17.0 Å². The van der Waals surface area contributed by atoms with Crippen molar-refractivity contribution in [3.63, 3.8) is 0 Å². The highest BCUT2D eigenvalue weighted by Crippen LogP contribution is 2.34. The number of nitrogens with zero attached hydrogens (tertiary/aromatic N) is 3. The third kappa shape index (κ3) is 4.33. The Labute approximate surface area is 159 Å². The van der Waals surface area contributed by atoms with Crippen molar-refractivity contribution >= 4 is 10.0 Å². The molecule has 0 atom stereocenters. The van der Waals surface area contributed by atoms with Gasteiger partial charge in [0.15, 0.2) is 11.5 Å². The van der Waals surface area contributed by atoms with E-state index in [2.05, 4.69) is 10.2 Å². The molecular formula is C17H26N4O5S. The minimum absolute atomic E-state index is 0.0858. The fourth-order valence-electron chi connectivity index (χ4n) is 2.68. The van der Waals surface area contributed by atoms with Crippen LogP contribution in [0.25, 0.3) is 0 Å². The Kier molecular flexibility index (Phi) is 6.66. The number of rotatable bonds is 9. The second-order valence-corrected chi connectivity index (χ2v) is 8.35. The van der Waals surface area contributed by atoms with Gasteiger partial charge in [0.2, 0.25) is 10.0 Å². The predicted molar refractivity (Wildman–Crippen MR) is 101 cm³/mol. The summed E-state index contributed by atoms with van der Waals surface area (Å²) in [6.07, 6.45) is 1.90. The van der Waals surface area contributed by atoms with Gasteiger partial charge in [-0.3, -0.25) is 4.57 Å². The third-order valence-corrected chi connectivity index (χ3v) is 6.14. The molecule has 0 radical (unpaired) electrons. The summed E-state index contributed by atoms with van der Waals surface area (Å²) in [5, 5.41) is 6.52. The molecule has 1 aromatic carbocycles. The summed E-state index contributed by atoms with van der Waals surface area (Å²) in [5.41, 5.74) is 0.161. The number of methoxy groups -OCH3 is 2. The smallest absolute Gasteiger partial charge is 0.343 e. The van der Waals surface area contributed by atoms with Crippen LogP contribution in [0, 0.1) is 0 Å². The largest absolute Gasteiger partial charge is 0.493 e. The lowest BCUT2D eigenvalue weighted by Crippen LogP contribution is -2.24. The molecule has 0 amide bonds. The van der Waals surface area contributed by atoms with E-state index >= 15 is 0 Å². The topological polar surface area (TPSA) is 107 Å². The highest BCUT2D eigenvalue weighted by atomic mass is 32.2. The highest BCUT2D eigenvalue weighted by Gasteiger charge is 2.25. The minimum Gasteiger partial charge on any atom is -0.493 e. The van der Waals surface area contributed by atoms with Gasteiger partial charge in [-0.15, -0.1) is 0 Å². The Morgan fingerprint density at radius 2 is 1.81 bits per heavy atom. The first-order valence-electron chi connectivity index (χ1n) is 8.57. The number of benzene rings is 1. The summed E-state index contributed by atoms with van der Waals surface area (Å²) in [4.78, 5) is 12.1. The van der Waals surface area contributed by atoms with E-state index < -0.39 is 10.0 Å². The second-order valence-electron chi connectivity index (χ2n) is 6.23. The van der Waals surface area contributed by atoms with Crippen molar-refractivity contribution in [3.8, 4) is 11.5 Å². The standard InChI is InChI=1S/C17H26N4O5S/c1-6-7-8-21-16(18-19-17(21)22)10-12-9-13(25-4)14(26-5)11-15(12)27(23,24)20(2)3/h9,11H,6-8,10H2,1-5H3,(H,19,22). The van der Waals surface area contributed by atoms with Crippen molar-refractivity contribution in [1.29, 1.82) is 0 Å². The number of hydrogen-bond donors (Lipinski definition) is 1. The Hall–Kier alpha value is -2.33. The first-order chi connectivity index (χ1) is 12.8. The van der Waals surface area contributed by atoms with Crippen LogP contribution in [0.2, 0.25) is 0 Å². The van der Waals surface area contributed by atoms with Crippen LogP contribution >= 0.6 is 0 Å². The van der Waals surface area contributed by atoms with Gasteiger partial charge in [-0.25, -0.2) is 22.6 Å². The number of aromatic amines is 1. The SMILES string of the molecule is CCCCn1c(Cc2cc(OC)c(OC)cc2S(=O)(=O)N(C)C)n[nH]c1=O. The number of sulfonamides is 1. The molecule has 0 fully saturated rings. The maximum absolute atomic E-state index is 12.8. The Morgan fingerprint density at radius 1 is 1.19 bits per heavy atom. The summed E-state index contributed by atoms with van der Waals surface area (Å²) < 4.78 is 38.8. The average Bonchev–Trinajstić information content (AvgIpc) is 2.98. The van der Waals surface area contributed by atoms with Crippen molar-refractivity contribution < 1.29 is 17.9 Å². The maximum atomic E-state index is 12.8. The number of unbranched alkanes of at least 4 members (excludes halogenated alkanes) is 1. The van der Waals surface area contributed by atoms with Crippen LogP contribution < -0.4 is 15.2 Å². The van der Waals surface area contributed by atoms with Crippen LogP contribution in [0.1, 0.15) is 31.2 Å². The van der Waals surface area contributed by atoms with E-state index in [1.54, 1.807) is 6.07 Å². The monoisotopic (exact) mass is 398 g/mol. The zero-order chi connectivity index (χ0) is 20.2. The van der Waals surface area contributed by atoms with E-state index in [1.807, 2.05) is 6.92 Å². The van der Waals surface area contributed by atoms with Gasteiger partial charge in [0, 0.05) is 33.1 Å². The number of ether oxygens (including phenoxy) is 2. The van der Waals surface area contributed by atoms with E-state index in [1.165, 1.54) is 38.9 Å². The van der Waals surface area contributed by atoms with Crippen molar-refractivity contribution in [2.45, 2.75) is 37.6 Å². The molecular weight excluding hydrogens is 372 g/mol. The molecule has 150 valence electrons. The molecule has 0 bridgehead atoms. The Balaban J connectivity index is 2.61. The fraction of sp³-hybridized carbons (Fsp3) is 0.529. The molecule has 0 saturated heterocycles. The van der Waals surface area contributed by atoms with Gasteiger partial charge in [-0.05, 0) is 18.1 Å². The van der Waals surface area contributed by atoms with Crippen LogP contribution in [0.4, 0.5) is 0 Å². The number of hydrogen-bond acceptors (Lipinski definition) is 6. The number of nitrogens with one attached hydrogen (secondary N) is 1. The van der Waals surface area contributed by atoms with Gasteiger partial charge < -0.3 is 9.47 Å². The molecule has 0 unspecified atom stereocenters. The van der Waals surface area contributed by atoms with Crippen LogP contribution in [0.3, 0.4) is 0 Å². The lowest BCUT2D eigenvalue weighted by Gasteiger charge is -2.18. The van der Waals surface area contributed by atoms with Crippen LogP contribution in [0.15, 0.2) is 21.8 Å². The number of aromatic nitrogens is 3. The highest BCUT2D eigenvalue weighted by molar-refractivity contribution is 7.89. The molecule has 2 aromatic rings. The third-order valence-electron chi connectivity index (χ3n) is 4.25. The normalized spacial score (nSPS) is 11.8. The van der Waals surface area contributed by atoms with Crippen LogP contribution in [0.5, 0.6) is 11.5 Å². The van der Waals surface area contributed by atoms with Crippen molar-refractivity contribution in [1.82, 2.24) is 19.1 Å². The summed E-state index contributed by atoms with van der Waals surface area (Å²) in [5.74, 6) is 1.19. The zero-order valence-electron chi connectivity index (χ0n) is 16.3. The van der Waals surface area contributed by atoms with Gasteiger partial charge in [0.05, 0.1) is 19.1 Å². The molecule has 0 aliphatic rings. The first-order valence-corrected chi connectivity index (χ1v) is 10.0. The summed E-state index contributed by atoms with van der Waals surface area (Å²) in [6, 6.07) is 3.04. The minimum atomic E-state index is -3.74. The molecule has 1 N–H and O–H groups in total.